The number of nitrogens with zero attached hydrogens (tertiary/aromatic N) is 2. The topological polar surface area (TPSA) is 80.6 Å². The van der Waals surface area contributed by atoms with E-state index in [4.69, 9.17) is 4.74 Å². The fraction of sp³-hybridized carbons (Fsp3) is 0.222. The SMILES string of the molecule is CCn1c2ccccc2c2cc(NC(=O)[C@@H]3CCC(=O)N3[C@H]3OC(=O)c4ccccc43)ccc21. The molecule has 3 aromatic carbocycles. The van der Waals surface area contributed by atoms with Gasteiger partial charge in [-0.1, -0.05) is 36.4 Å². The van der Waals surface area contributed by atoms with Crippen molar-refractivity contribution in [1.29, 1.82) is 0 Å². The lowest BCUT2D eigenvalue weighted by Crippen LogP contribution is -2.43. The monoisotopic (exact) mass is 453 g/mol. The minimum Gasteiger partial charge on any atom is -0.433 e. The van der Waals surface area contributed by atoms with Gasteiger partial charge in [-0.05, 0) is 43.7 Å². The van der Waals surface area contributed by atoms with E-state index in [9.17, 15) is 14.4 Å². The molecule has 6 rings (SSSR count). The Morgan fingerprint density at radius 3 is 2.62 bits per heavy atom. The standard InChI is InChI=1S/C27H23N3O4/c1-2-29-21-10-6-5-7-17(21)20-15-16(11-12-22(20)29)28-25(32)23-13-14-24(31)30(23)26-18-8-3-4-9-19(18)27(33)34-26/h3-12,15,23,26H,2,13-14H2,1H3,(H,28,32)/t23-,26-/m0/s1. The van der Waals surface area contributed by atoms with Crippen LogP contribution in [-0.4, -0.2) is 33.3 Å². The number of nitrogens with one attached hydrogen (secondary N) is 1. The Bertz CT molecular complexity index is 1490. The number of fused-ring (bicyclic) bond motifs is 4. The molecule has 2 aliphatic heterocycles. The number of anilines is 1. The van der Waals surface area contributed by atoms with Crippen molar-refractivity contribution in [2.75, 3.05) is 5.32 Å². The molecule has 1 N–H and O–H groups in total. The van der Waals surface area contributed by atoms with Gasteiger partial charge >= 0.3 is 5.97 Å². The Hall–Kier alpha value is -4.13. The molecule has 3 heterocycles. The van der Waals surface area contributed by atoms with E-state index in [1.54, 1.807) is 24.3 Å². The number of para-hydroxylation sites is 1. The molecule has 2 amide bonds. The van der Waals surface area contributed by atoms with E-state index in [0.29, 0.717) is 23.2 Å². The van der Waals surface area contributed by atoms with Gasteiger partial charge in [0.15, 0.2) is 0 Å². The molecule has 1 saturated heterocycles. The van der Waals surface area contributed by atoms with Crippen molar-refractivity contribution in [1.82, 2.24) is 9.47 Å². The maximum absolute atomic E-state index is 13.3. The molecule has 0 aliphatic carbocycles. The van der Waals surface area contributed by atoms with Crippen LogP contribution in [0.1, 0.15) is 41.9 Å². The van der Waals surface area contributed by atoms with Crippen LogP contribution in [0.3, 0.4) is 0 Å². The van der Waals surface area contributed by atoms with Crippen LogP contribution < -0.4 is 5.32 Å². The number of rotatable bonds is 4. The first-order valence-corrected chi connectivity index (χ1v) is 11.5. The van der Waals surface area contributed by atoms with Gasteiger partial charge in [-0.25, -0.2) is 4.79 Å². The number of aromatic nitrogens is 1. The molecular formula is C27H23N3O4. The van der Waals surface area contributed by atoms with Crippen molar-refractivity contribution < 1.29 is 19.1 Å². The van der Waals surface area contributed by atoms with Crippen molar-refractivity contribution in [2.24, 2.45) is 0 Å². The number of ether oxygens (including phenoxy) is 1. The highest BCUT2D eigenvalue weighted by Crippen LogP contribution is 2.38. The van der Waals surface area contributed by atoms with Crippen molar-refractivity contribution in [2.45, 2.75) is 38.6 Å². The molecule has 0 spiro atoms. The number of carbonyl (C=O) groups excluding carboxylic acids is 3. The van der Waals surface area contributed by atoms with Gasteiger partial charge in [-0.3, -0.25) is 14.5 Å². The van der Waals surface area contributed by atoms with Gasteiger partial charge in [0.1, 0.15) is 6.04 Å². The van der Waals surface area contributed by atoms with Crippen LogP contribution in [0.4, 0.5) is 5.69 Å². The summed E-state index contributed by atoms with van der Waals surface area (Å²) in [4.78, 5) is 39.8. The van der Waals surface area contributed by atoms with Gasteiger partial charge < -0.3 is 14.6 Å². The highest BCUT2D eigenvalue weighted by Gasteiger charge is 2.46. The lowest BCUT2D eigenvalue weighted by atomic mass is 10.1. The number of carbonyl (C=O) groups is 3. The first-order valence-electron chi connectivity index (χ1n) is 11.5. The zero-order chi connectivity index (χ0) is 23.4. The second-order valence-electron chi connectivity index (χ2n) is 8.68. The molecule has 4 aromatic rings. The number of hydrogen-bond acceptors (Lipinski definition) is 4. The van der Waals surface area contributed by atoms with E-state index in [2.05, 4.69) is 28.9 Å². The molecule has 170 valence electrons. The largest absolute Gasteiger partial charge is 0.433 e. The average molecular weight is 453 g/mol. The van der Waals surface area contributed by atoms with Gasteiger partial charge in [0.25, 0.3) is 0 Å². The highest BCUT2D eigenvalue weighted by atomic mass is 16.6. The van der Waals surface area contributed by atoms with Gasteiger partial charge in [0, 0.05) is 46.0 Å². The Morgan fingerprint density at radius 1 is 1.00 bits per heavy atom. The van der Waals surface area contributed by atoms with E-state index >= 15 is 0 Å². The normalized spacial score (nSPS) is 19.6. The van der Waals surface area contributed by atoms with Crippen molar-refractivity contribution in [3.05, 3.63) is 77.9 Å². The smallest absolute Gasteiger partial charge is 0.340 e. The molecule has 1 fully saturated rings. The van der Waals surface area contributed by atoms with E-state index < -0.39 is 18.2 Å². The third kappa shape index (κ3) is 3.00. The number of esters is 1. The molecule has 7 heteroatoms. The number of aryl methyl sites for hydroxylation is 1. The summed E-state index contributed by atoms with van der Waals surface area (Å²) >= 11 is 0. The predicted molar refractivity (Wildman–Crippen MR) is 128 cm³/mol. The van der Waals surface area contributed by atoms with Crippen LogP contribution in [0.5, 0.6) is 0 Å². The molecule has 7 nitrogen and oxygen atoms in total. The molecule has 0 radical (unpaired) electrons. The van der Waals surface area contributed by atoms with Gasteiger partial charge in [0.2, 0.25) is 18.0 Å². The van der Waals surface area contributed by atoms with Crippen molar-refractivity contribution in [3.8, 4) is 0 Å². The molecule has 0 saturated carbocycles. The number of hydrogen-bond donors (Lipinski definition) is 1. The molecule has 1 aromatic heterocycles. The van der Waals surface area contributed by atoms with E-state index in [1.165, 1.54) is 4.90 Å². The average Bonchev–Trinajstić information content (AvgIpc) is 3.50. The van der Waals surface area contributed by atoms with Gasteiger partial charge in [-0.2, -0.15) is 0 Å². The first kappa shape index (κ1) is 20.5. The molecular weight excluding hydrogens is 430 g/mol. The summed E-state index contributed by atoms with van der Waals surface area (Å²) in [6, 6.07) is 20.4. The van der Waals surface area contributed by atoms with Gasteiger partial charge in [0.05, 0.1) is 5.56 Å². The second-order valence-corrected chi connectivity index (χ2v) is 8.68. The fourth-order valence-corrected chi connectivity index (χ4v) is 5.28. The quantitative estimate of drug-likeness (QED) is 0.458. The van der Waals surface area contributed by atoms with Crippen LogP contribution in [0.2, 0.25) is 0 Å². The Balaban J connectivity index is 1.31. The minimum absolute atomic E-state index is 0.198. The summed E-state index contributed by atoms with van der Waals surface area (Å²) in [6.07, 6.45) is -0.269. The zero-order valence-electron chi connectivity index (χ0n) is 18.7. The summed E-state index contributed by atoms with van der Waals surface area (Å²) in [5.41, 5.74) is 3.98. The lowest BCUT2D eigenvalue weighted by Gasteiger charge is -2.29. The lowest BCUT2D eigenvalue weighted by molar-refractivity contribution is -0.144. The Morgan fingerprint density at radius 2 is 1.76 bits per heavy atom. The van der Waals surface area contributed by atoms with Crippen molar-refractivity contribution in [3.63, 3.8) is 0 Å². The minimum atomic E-state index is -0.876. The fourth-order valence-electron chi connectivity index (χ4n) is 5.28. The number of likely N-dealkylation sites (tertiary alicyclic amines) is 1. The maximum atomic E-state index is 13.3. The third-order valence-electron chi connectivity index (χ3n) is 6.83. The third-order valence-corrected chi connectivity index (χ3v) is 6.83. The number of amides is 2. The molecule has 2 aliphatic rings. The summed E-state index contributed by atoms with van der Waals surface area (Å²) in [5.74, 6) is -0.960. The summed E-state index contributed by atoms with van der Waals surface area (Å²) in [5, 5.41) is 5.19. The Kier molecular flexibility index (Phi) is 4.65. The van der Waals surface area contributed by atoms with Crippen LogP contribution in [0.15, 0.2) is 66.7 Å². The Labute approximate surface area is 195 Å². The zero-order valence-corrected chi connectivity index (χ0v) is 18.7. The van der Waals surface area contributed by atoms with Crippen LogP contribution in [0, 0.1) is 0 Å². The van der Waals surface area contributed by atoms with Crippen LogP contribution in [-0.2, 0) is 20.9 Å². The first-order chi connectivity index (χ1) is 16.6. The summed E-state index contributed by atoms with van der Waals surface area (Å²) in [7, 11) is 0. The van der Waals surface area contributed by atoms with E-state index in [-0.39, 0.29) is 18.2 Å². The van der Waals surface area contributed by atoms with E-state index in [0.717, 1.165) is 28.4 Å². The number of cyclic esters (lactones) is 1. The highest BCUT2D eigenvalue weighted by molar-refractivity contribution is 6.10. The maximum Gasteiger partial charge on any atom is 0.340 e. The second kappa shape index (κ2) is 7.73. The van der Waals surface area contributed by atoms with Crippen molar-refractivity contribution >= 4 is 45.3 Å². The summed E-state index contributed by atoms with van der Waals surface area (Å²) in [6.45, 7) is 2.96. The van der Waals surface area contributed by atoms with Crippen LogP contribution >= 0.6 is 0 Å². The number of benzene rings is 3. The molecule has 2 atom stereocenters. The van der Waals surface area contributed by atoms with Gasteiger partial charge in [-0.15, -0.1) is 0 Å². The van der Waals surface area contributed by atoms with Crippen LogP contribution in [0.25, 0.3) is 21.8 Å². The molecule has 0 bridgehead atoms. The predicted octanol–water partition coefficient (Wildman–Crippen LogP) is 4.61. The van der Waals surface area contributed by atoms with E-state index in [1.807, 2.05) is 30.3 Å². The molecule has 0 unspecified atom stereocenters. The molecule has 34 heavy (non-hydrogen) atoms. The summed E-state index contributed by atoms with van der Waals surface area (Å²) < 4.78 is 7.77.